The molecule has 0 heterocycles. The van der Waals surface area contributed by atoms with Crippen molar-refractivity contribution in [2.24, 2.45) is 0 Å². The molecule has 270 valence electrons. The molecule has 0 atom stereocenters. The van der Waals surface area contributed by atoms with Gasteiger partial charge in [-0.2, -0.15) is 16.8 Å². The third-order valence-corrected chi connectivity index (χ3v) is 10.5. The Bertz CT molecular complexity index is 2570. The molecule has 4 amide bonds. The van der Waals surface area contributed by atoms with Gasteiger partial charge in [0.1, 0.15) is 21.3 Å². The van der Waals surface area contributed by atoms with Crippen molar-refractivity contribution < 1.29 is 34.8 Å². The first-order chi connectivity index (χ1) is 26.0. The Balaban J connectivity index is 0.913. The maximum absolute atomic E-state index is 13.0. The van der Waals surface area contributed by atoms with E-state index in [1.165, 1.54) is 48.5 Å². The topological polar surface area (TPSA) is 169 Å². The smallest absolute Gasteiger partial charge is 0.339 e. The fourth-order valence-corrected chi connectivity index (χ4v) is 7.39. The van der Waals surface area contributed by atoms with Gasteiger partial charge >= 0.3 is 32.3 Å². The molecule has 4 N–H and O–H groups in total. The minimum atomic E-state index is -4.14. The van der Waals surface area contributed by atoms with Crippen molar-refractivity contribution in [3.05, 3.63) is 158 Å². The van der Waals surface area contributed by atoms with Crippen LogP contribution in [-0.2, 0) is 20.2 Å². The van der Waals surface area contributed by atoms with Crippen LogP contribution in [-0.4, -0.2) is 28.9 Å². The number of nitrogens with one attached hydrogen (secondary N) is 4. The standard InChI is InChI=1S/C40H30N4O8S2/c45-39(43-33-11-5-13-35(25-33)51-53(47,48)37-21-15-27-7-1-3-9-29(27)23-37)41-31-17-19-32(20-18-31)42-40(46)44-34-12-6-14-36(26-34)52-54(49,50)38-22-16-28-8-2-4-10-30(28)24-38/h1-26H,(H2,41,43,45)(H2,42,44,46). The Morgan fingerprint density at radius 1 is 0.370 bits per heavy atom. The molecule has 0 bridgehead atoms. The number of fused-ring (bicyclic) bond motifs is 2. The van der Waals surface area contributed by atoms with Crippen molar-refractivity contribution in [1.29, 1.82) is 0 Å². The van der Waals surface area contributed by atoms with Crippen molar-refractivity contribution in [1.82, 2.24) is 0 Å². The van der Waals surface area contributed by atoms with Gasteiger partial charge in [-0.25, -0.2) is 9.59 Å². The highest BCUT2D eigenvalue weighted by molar-refractivity contribution is 7.87. The van der Waals surface area contributed by atoms with E-state index in [2.05, 4.69) is 21.3 Å². The van der Waals surface area contributed by atoms with Gasteiger partial charge in [0.25, 0.3) is 0 Å². The highest BCUT2D eigenvalue weighted by Gasteiger charge is 2.19. The van der Waals surface area contributed by atoms with Crippen LogP contribution in [0.3, 0.4) is 0 Å². The van der Waals surface area contributed by atoms with Gasteiger partial charge < -0.3 is 29.6 Å². The van der Waals surface area contributed by atoms with Crippen LogP contribution in [0.4, 0.5) is 32.3 Å². The van der Waals surface area contributed by atoms with Crippen molar-refractivity contribution in [2.75, 3.05) is 21.3 Å². The lowest BCUT2D eigenvalue weighted by Crippen LogP contribution is -2.20. The van der Waals surface area contributed by atoms with Crippen LogP contribution in [0.1, 0.15) is 0 Å². The van der Waals surface area contributed by atoms with Crippen molar-refractivity contribution in [3.63, 3.8) is 0 Å². The molecule has 7 aromatic carbocycles. The lowest BCUT2D eigenvalue weighted by Gasteiger charge is -2.12. The Kier molecular flexibility index (Phi) is 9.85. The zero-order valence-electron chi connectivity index (χ0n) is 28.1. The van der Waals surface area contributed by atoms with E-state index in [0.29, 0.717) is 11.4 Å². The summed E-state index contributed by atoms with van der Waals surface area (Å²) in [6.45, 7) is 0. The van der Waals surface area contributed by atoms with Crippen LogP contribution in [0, 0.1) is 0 Å². The van der Waals surface area contributed by atoms with Gasteiger partial charge in [-0.3, -0.25) is 0 Å². The number of urea groups is 2. The average molecular weight is 759 g/mol. The lowest BCUT2D eigenvalue weighted by atomic mass is 10.1. The Morgan fingerprint density at radius 2 is 0.741 bits per heavy atom. The van der Waals surface area contributed by atoms with E-state index in [1.807, 2.05) is 48.5 Å². The molecule has 7 rings (SSSR count). The van der Waals surface area contributed by atoms with Crippen molar-refractivity contribution in [3.8, 4) is 11.5 Å². The molecule has 0 fully saturated rings. The summed E-state index contributed by atoms with van der Waals surface area (Å²) in [5, 5.41) is 13.9. The Labute approximate surface area is 310 Å². The summed E-state index contributed by atoms with van der Waals surface area (Å²) in [5.41, 5.74) is 1.38. The average Bonchev–Trinajstić information content (AvgIpc) is 3.15. The summed E-state index contributed by atoms with van der Waals surface area (Å²) in [6.07, 6.45) is 0. The number of carbonyl (C=O) groups excluding carboxylic acids is 2. The molecule has 0 aliphatic rings. The zero-order valence-corrected chi connectivity index (χ0v) is 29.7. The van der Waals surface area contributed by atoms with E-state index >= 15 is 0 Å². The van der Waals surface area contributed by atoms with Crippen LogP contribution in [0.2, 0.25) is 0 Å². The van der Waals surface area contributed by atoms with Gasteiger partial charge in [0, 0.05) is 34.9 Å². The van der Waals surface area contributed by atoms with E-state index in [9.17, 15) is 26.4 Å². The number of hydrogen-bond donors (Lipinski definition) is 4. The monoisotopic (exact) mass is 758 g/mol. The van der Waals surface area contributed by atoms with E-state index in [4.69, 9.17) is 8.37 Å². The quantitative estimate of drug-likeness (QED) is 0.100. The summed E-state index contributed by atoms with van der Waals surface area (Å²) in [6, 6.07) is 41.2. The number of anilines is 4. The minimum Gasteiger partial charge on any atom is -0.379 e. The molecule has 0 unspecified atom stereocenters. The molecule has 0 radical (unpaired) electrons. The maximum atomic E-state index is 13.0. The molecule has 12 nitrogen and oxygen atoms in total. The first-order valence-corrected chi connectivity index (χ1v) is 19.1. The fourth-order valence-electron chi connectivity index (χ4n) is 5.47. The molecule has 0 saturated heterocycles. The van der Waals surface area contributed by atoms with Gasteiger partial charge in [0.15, 0.2) is 0 Å². The predicted molar refractivity (Wildman–Crippen MR) is 208 cm³/mol. The summed E-state index contributed by atoms with van der Waals surface area (Å²) < 4.78 is 62.5. The first kappa shape index (κ1) is 35.5. The number of rotatable bonds is 10. The third-order valence-electron chi connectivity index (χ3n) is 8.02. The summed E-state index contributed by atoms with van der Waals surface area (Å²) in [7, 11) is -8.29. The summed E-state index contributed by atoms with van der Waals surface area (Å²) in [4.78, 5) is 25.5. The molecule has 54 heavy (non-hydrogen) atoms. The molecule has 0 aliphatic heterocycles. The minimum absolute atomic E-state index is 0.00208. The van der Waals surface area contributed by atoms with Gasteiger partial charge in [0.05, 0.1) is 0 Å². The molecule has 14 heteroatoms. The van der Waals surface area contributed by atoms with E-state index in [-0.39, 0.29) is 32.7 Å². The van der Waals surface area contributed by atoms with Gasteiger partial charge in [-0.05, 0) is 94.3 Å². The number of amides is 4. The van der Waals surface area contributed by atoms with E-state index < -0.39 is 32.3 Å². The van der Waals surface area contributed by atoms with Gasteiger partial charge in [-0.1, -0.05) is 72.8 Å². The van der Waals surface area contributed by atoms with Crippen LogP contribution in [0.15, 0.2) is 168 Å². The largest absolute Gasteiger partial charge is 0.379 e. The second-order valence-corrected chi connectivity index (χ2v) is 15.0. The van der Waals surface area contributed by atoms with Crippen molar-refractivity contribution >= 4 is 76.6 Å². The van der Waals surface area contributed by atoms with Crippen LogP contribution in [0.5, 0.6) is 11.5 Å². The summed E-state index contributed by atoms with van der Waals surface area (Å²) in [5.74, 6) is 0.0277. The third kappa shape index (κ3) is 8.58. The van der Waals surface area contributed by atoms with Crippen LogP contribution in [0.25, 0.3) is 21.5 Å². The molecule has 0 aromatic heterocycles. The van der Waals surface area contributed by atoms with Crippen molar-refractivity contribution in [2.45, 2.75) is 9.79 Å². The molecule has 0 saturated carbocycles. The van der Waals surface area contributed by atoms with Gasteiger partial charge in [-0.15, -0.1) is 0 Å². The fraction of sp³-hybridized carbons (Fsp3) is 0. The maximum Gasteiger partial charge on any atom is 0.339 e. The highest BCUT2D eigenvalue weighted by Crippen LogP contribution is 2.27. The SMILES string of the molecule is O=C(Nc1ccc(NC(=O)Nc2cccc(OS(=O)(=O)c3ccc4ccccc4c3)c2)cc1)Nc1cccc(OS(=O)(=O)c2ccc3ccccc3c2)c1. The van der Waals surface area contributed by atoms with Crippen LogP contribution < -0.4 is 29.6 Å². The number of benzene rings is 7. The van der Waals surface area contributed by atoms with E-state index in [1.54, 1.807) is 60.7 Å². The zero-order chi connectivity index (χ0) is 37.7. The first-order valence-electron chi connectivity index (χ1n) is 16.3. The van der Waals surface area contributed by atoms with Crippen LogP contribution >= 0.6 is 0 Å². The summed E-state index contributed by atoms with van der Waals surface area (Å²) >= 11 is 0. The molecular weight excluding hydrogens is 729 g/mol. The number of hydrogen-bond acceptors (Lipinski definition) is 8. The molecular formula is C40H30N4O8S2. The predicted octanol–water partition coefficient (Wildman–Crippen LogP) is 8.82. The molecule has 0 aliphatic carbocycles. The van der Waals surface area contributed by atoms with Gasteiger partial charge in [0.2, 0.25) is 0 Å². The second-order valence-electron chi connectivity index (χ2n) is 11.9. The normalized spacial score (nSPS) is 11.4. The van der Waals surface area contributed by atoms with E-state index in [0.717, 1.165) is 21.5 Å². The number of carbonyl (C=O) groups is 2. The lowest BCUT2D eigenvalue weighted by molar-refractivity contribution is 0.261. The Morgan fingerprint density at radius 3 is 1.15 bits per heavy atom. The Hall–Kier alpha value is -6.90. The molecule has 0 spiro atoms. The highest BCUT2D eigenvalue weighted by atomic mass is 32.2. The second kappa shape index (κ2) is 15.0. The molecule has 7 aromatic rings.